The van der Waals surface area contributed by atoms with Crippen molar-refractivity contribution in [2.45, 2.75) is 142 Å². The quantitative estimate of drug-likeness (QED) is 0.339. The van der Waals surface area contributed by atoms with Gasteiger partial charge in [0, 0.05) is 23.6 Å². The topological polar surface area (TPSA) is 109 Å². The fourth-order valence-electron chi connectivity index (χ4n) is 14.1. The lowest BCUT2D eigenvalue weighted by molar-refractivity contribution is -0.245. The molecule has 284 valence electrons. The Morgan fingerprint density at radius 3 is 2.37 bits per heavy atom. The highest BCUT2D eigenvalue weighted by molar-refractivity contribution is 5.94. The molecule has 1 amide bonds. The number of hydrogen-bond acceptors (Lipinski definition) is 7. The number of hydrogen-bond donors (Lipinski definition) is 3. The Balaban J connectivity index is 0.996. The number of amides is 1. The van der Waals surface area contributed by atoms with E-state index in [4.69, 9.17) is 14.2 Å². The van der Waals surface area contributed by atoms with E-state index in [1.165, 1.54) is 6.42 Å². The van der Waals surface area contributed by atoms with Crippen molar-refractivity contribution in [2.75, 3.05) is 19.7 Å². The molecule has 1 aromatic rings. The molecule has 2 spiro atoms. The van der Waals surface area contributed by atoms with E-state index in [-0.39, 0.29) is 63.2 Å². The van der Waals surface area contributed by atoms with Gasteiger partial charge >= 0.3 is 0 Å². The summed E-state index contributed by atoms with van der Waals surface area (Å²) >= 11 is 0. The molecule has 0 aromatic heterocycles. The lowest BCUT2D eigenvalue weighted by Crippen LogP contribution is -2.60. The Labute approximate surface area is 301 Å². The molecule has 51 heavy (non-hydrogen) atoms. The monoisotopic (exact) mass is 715 g/mol. The van der Waals surface area contributed by atoms with Crippen molar-refractivity contribution in [1.29, 1.82) is 0 Å². The van der Waals surface area contributed by atoms with Crippen molar-refractivity contribution in [3.05, 3.63) is 35.4 Å². The molecule has 7 aliphatic rings. The van der Waals surface area contributed by atoms with Crippen LogP contribution in [0.25, 0.3) is 0 Å². The summed E-state index contributed by atoms with van der Waals surface area (Å²) < 4.78 is 47.2. The summed E-state index contributed by atoms with van der Waals surface area (Å²) in [5.74, 6) is -0.721. The predicted octanol–water partition coefficient (Wildman–Crippen LogP) is 6.09. The van der Waals surface area contributed by atoms with Gasteiger partial charge in [0.05, 0.1) is 43.2 Å². The highest BCUT2D eigenvalue weighted by Crippen LogP contribution is 2.89. The highest BCUT2D eigenvalue weighted by Gasteiger charge is 2.84. The second kappa shape index (κ2) is 11.7. The minimum Gasteiger partial charge on any atom is -0.390 e. The fraction of sp³-hybridized carbons (Fsp3) is 0.829. The maximum absolute atomic E-state index is 13.9. The number of carbonyl (C=O) groups excluding carboxylic acids is 1. The molecule has 5 aliphatic carbocycles. The van der Waals surface area contributed by atoms with E-state index < -0.39 is 47.7 Å². The first kappa shape index (κ1) is 36.3. The summed E-state index contributed by atoms with van der Waals surface area (Å²) in [7, 11) is 0. The molecule has 14 unspecified atom stereocenters. The van der Waals surface area contributed by atoms with Crippen LogP contribution in [0.15, 0.2) is 18.2 Å². The third-order valence-electron chi connectivity index (χ3n) is 16.6. The lowest BCUT2D eigenvalue weighted by Gasteiger charge is -2.64. The molecule has 0 bridgehead atoms. The molecule has 3 N–H and O–H groups in total. The molecular formula is C41H59F2NO7. The molecule has 10 heteroatoms. The fourth-order valence-corrected chi connectivity index (χ4v) is 14.1. The second-order valence-corrected chi connectivity index (χ2v) is 19.5. The Hall–Kier alpha value is -1.69. The minimum absolute atomic E-state index is 0.0136. The summed E-state index contributed by atoms with van der Waals surface area (Å²) in [6, 6.07) is 2.91. The molecule has 2 aliphatic heterocycles. The summed E-state index contributed by atoms with van der Waals surface area (Å²) in [4.78, 5) is 14.8. The van der Waals surface area contributed by atoms with Crippen LogP contribution in [-0.2, 0) is 14.2 Å². The standard InChI is InChI=1S/C41H59F2NO7/c1-22-16-26(33(45)37(4,5)48)50-32-31(22)38(6)12-13-41-21-40(41)11-10-29(36(2,3)27(40)8-9-28(41)39(38,7)34(32)46)51-30-20-44(14-15-49-30)35(47)23-17-24(42)19-25(43)18-23/h17-19,22,26-34,45-46,48H,8-16,20-21H2,1-7H3. The van der Waals surface area contributed by atoms with Gasteiger partial charge in [0.25, 0.3) is 5.91 Å². The van der Waals surface area contributed by atoms with Gasteiger partial charge in [-0.2, -0.15) is 0 Å². The van der Waals surface area contributed by atoms with Gasteiger partial charge in [-0.25, -0.2) is 8.78 Å². The third-order valence-corrected chi connectivity index (χ3v) is 16.6. The summed E-state index contributed by atoms with van der Waals surface area (Å²) in [5, 5.41) is 34.1. The number of halogens is 2. The van der Waals surface area contributed by atoms with Crippen LogP contribution in [0.2, 0.25) is 0 Å². The first-order valence-electron chi connectivity index (χ1n) is 19.6. The molecule has 5 saturated carbocycles. The van der Waals surface area contributed by atoms with Gasteiger partial charge in [0.15, 0.2) is 6.29 Å². The third kappa shape index (κ3) is 4.98. The molecular weight excluding hydrogens is 656 g/mol. The Morgan fingerprint density at radius 2 is 1.69 bits per heavy atom. The number of nitrogens with zero attached hydrogens (tertiary/aromatic N) is 1. The molecule has 2 saturated heterocycles. The van der Waals surface area contributed by atoms with Crippen LogP contribution in [-0.4, -0.2) is 88.2 Å². The van der Waals surface area contributed by atoms with Crippen LogP contribution < -0.4 is 0 Å². The summed E-state index contributed by atoms with van der Waals surface area (Å²) in [6.07, 6.45) is 4.88. The molecule has 8 nitrogen and oxygen atoms in total. The number of aliphatic hydroxyl groups excluding tert-OH is 2. The van der Waals surface area contributed by atoms with Gasteiger partial charge in [0.2, 0.25) is 0 Å². The zero-order valence-electron chi connectivity index (χ0n) is 31.5. The maximum atomic E-state index is 13.9. The highest BCUT2D eigenvalue weighted by atomic mass is 19.1. The lowest BCUT2D eigenvalue weighted by atomic mass is 9.41. The normalized spacial score (nSPS) is 47.7. The van der Waals surface area contributed by atoms with Gasteiger partial charge < -0.3 is 34.4 Å². The Bertz CT molecular complexity index is 1550. The minimum atomic E-state index is -1.29. The van der Waals surface area contributed by atoms with E-state index in [9.17, 15) is 28.9 Å². The van der Waals surface area contributed by atoms with E-state index >= 15 is 0 Å². The molecule has 2 heterocycles. The smallest absolute Gasteiger partial charge is 0.254 e. The molecule has 8 rings (SSSR count). The van der Waals surface area contributed by atoms with Crippen molar-refractivity contribution >= 4 is 5.91 Å². The molecule has 14 atom stereocenters. The summed E-state index contributed by atoms with van der Waals surface area (Å²) in [6.45, 7) is 15.8. The average Bonchev–Trinajstić information content (AvgIpc) is 3.69. The first-order valence-corrected chi connectivity index (χ1v) is 19.6. The van der Waals surface area contributed by atoms with Crippen LogP contribution in [0.5, 0.6) is 0 Å². The largest absolute Gasteiger partial charge is 0.390 e. The Kier molecular flexibility index (Phi) is 8.30. The average molecular weight is 716 g/mol. The zero-order chi connectivity index (χ0) is 36.7. The van der Waals surface area contributed by atoms with Crippen LogP contribution in [0.4, 0.5) is 8.78 Å². The van der Waals surface area contributed by atoms with Crippen LogP contribution in [0.1, 0.15) is 110 Å². The number of morpholine rings is 1. The van der Waals surface area contributed by atoms with Gasteiger partial charge in [-0.3, -0.25) is 4.79 Å². The van der Waals surface area contributed by atoms with Crippen molar-refractivity contribution in [3.63, 3.8) is 0 Å². The van der Waals surface area contributed by atoms with E-state index in [1.807, 2.05) is 0 Å². The number of rotatable bonds is 5. The van der Waals surface area contributed by atoms with Crippen LogP contribution in [0, 0.1) is 62.4 Å². The van der Waals surface area contributed by atoms with Gasteiger partial charge in [0.1, 0.15) is 17.7 Å². The van der Waals surface area contributed by atoms with Gasteiger partial charge in [-0.15, -0.1) is 0 Å². The van der Waals surface area contributed by atoms with Crippen molar-refractivity contribution < 1.29 is 43.1 Å². The van der Waals surface area contributed by atoms with Crippen LogP contribution >= 0.6 is 0 Å². The van der Waals surface area contributed by atoms with Crippen molar-refractivity contribution in [2.24, 2.45) is 50.7 Å². The second-order valence-electron chi connectivity index (χ2n) is 19.5. The number of aliphatic hydroxyl groups is 3. The van der Waals surface area contributed by atoms with E-state index in [0.717, 1.165) is 56.7 Å². The van der Waals surface area contributed by atoms with Crippen molar-refractivity contribution in [1.82, 2.24) is 4.90 Å². The number of benzene rings is 1. The van der Waals surface area contributed by atoms with Gasteiger partial charge in [-0.05, 0) is 123 Å². The Morgan fingerprint density at radius 1 is 1.02 bits per heavy atom. The first-order chi connectivity index (χ1) is 23.8. The maximum Gasteiger partial charge on any atom is 0.254 e. The van der Waals surface area contributed by atoms with E-state index in [1.54, 1.807) is 18.7 Å². The van der Waals surface area contributed by atoms with Crippen LogP contribution in [0.3, 0.4) is 0 Å². The molecule has 7 fully saturated rings. The molecule has 1 aromatic carbocycles. The number of carbonyl (C=O) groups is 1. The predicted molar refractivity (Wildman–Crippen MR) is 185 cm³/mol. The van der Waals surface area contributed by atoms with E-state index in [2.05, 4.69) is 34.6 Å². The van der Waals surface area contributed by atoms with E-state index in [0.29, 0.717) is 31.4 Å². The number of ether oxygens (including phenoxy) is 3. The molecule has 0 radical (unpaired) electrons. The van der Waals surface area contributed by atoms with Gasteiger partial charge in [-0.1, -0.05) is 34.6 Å². The van der Waals surface area contributed by atoms with Crippen molar-refractivity contribution in [3.8, 4) is 0 Å². The zero-order valence-corrected chi connectivity index (χ0v) is 31.5. The SMILES string of the molecule is CC1CC(C(O)C(C)(C)O)OC2C1C1(C)CCC34CC35CCC(OC3CN(C(=O)c6cc(F)cc(F)c6)CCO3)C(C)(C)C5CCC4C1(C)C2O. The number of fused-ring (bicyclic) bond motifs is 4. The summed E-state index contributed by atoms with van der Waals surface area (Å²) in [5.41, 5.74) is -1.51.